The fraction of sp³-hybridized carbons (Fsp3) is 0.559. The number of hydrogen-bond acceptors (Lipinski definition) is 7. The van der Waals surface area contributed by atoms with Crippen LogP contribution in [-0.4, -0.2) is 113 Å². The van der Waals surface area contributed by atoms with Crippen LogP contribution in [0.2, 0.25) is 0 Å². The van der Waals surface area contributed by atoms with Crippen molar-refractivity contribution in [3.63, 3.8) is 0 Å². The van der Waals surface area contributed by atoms with Crippen molar-refractivity contribution in [3.8, 4) is 5.75 Å². The predicted octanol–water partition coefficient (Wildman–Crippen LogP) is 3.89. The first-order valence-electron chi connectivity index (χ1n) is 16.3. The Morgan fingerprint density at radius 1 is 0.933 bits per heavy atom. The molecule has 0 saturated carbocycles. The lowest BCUT2D eigenvalue weighted by Crippen LogP contribution is -2.56. The van der Waals surface area contributed by atoms with Crippen LogP contribution < -0.4 is 5.32 Å². The summed E-state index contributed by atoms with van der Waals surface area (Å²) >= 11 is 0. The SMILES string of the molecule is Cc1cc(C[C@@H](OC(=O)N2CCC(N3Cc4ccccc4NC3=O)CC2)C(=O)N2CCN(C3CCOCC3)CC2)cc(C)c1O. The fourth-order valence-corrected chi connectivity index (χ4v) is 7.19. The maximum absolute atomic E-state index is 13.9. The summed E-state index contributed by atoms with van der Waals surface area (Å²) < 4.78 is 11.5. The lowest BCUT2D eigenvalue weighted by molar-refractivity contribution is -0.143. The molecule has 0 radical (unpaired) electrons. The minimum Gasteiger partial charge on any atom is -0.507 e. The molecule has 4 aliphatic heterocycles. The summed E-state index contributed by atoms with van der Waals surface area (Å²) in [6.45, 7) is 9.40. The van der Waals surface area contributed by atoms with Crippen molar-refractivity contribution in [2.24, 2.45) is 0 Å². The molecule has 11 nitrogen and oxygen atoms in total. The van der Waals surface area contributed by atoms with Crippen molar-refractivity contribution in [2.75, 3.05) is 57.8 Å². The highest BCUT2D eigenvalue weighted by Crippen LogP contribution is 2.29. The number of carbonyl (C=O) groups excluding carboxylic acids is 3. The molecule has 2 aromatic rings. The van der Waals surface area contributed by atoms with Crippen molar-refractivity contribution in [1.29, 1.82) is 0 Å². The number of phenols is 1. The topological polar surface area (TPSA) is 115 Å². The van der Waals surface area contributed by atoms with Gasteiger partial charge >= 0.3 is 12.1 Å². The molecule has 2 aromatic carbocycles. The largest absolute Gasteiger partial charge is 0.507 e. The molecule has 1 atom stereocenters. The minimum absolute atomic E-state index is 0.00908. The molecule has 0 unspecified atom stereocenters. The number of nitrogens with one attached hydrogen (secondary N) is 1. The number of benzene rings is 2. The summed E-state index contributed by atoms with van der Waals surface area (Å²) in [6, 6.07) is 11.9. The number of anilines is 1. The molecule has 4 heterocycles. The molecule has 45 heavy (non-hydrogen) atoms. The lowest BCUT2D eigenvalue weighted by atomic mass is 10.00. The van der Waals surface area contributed by atoms with Gasteiger partial charge in [-0.25, -0.2) is 9.59 Å². The van der Waals surface area contributed by atoms with Gasteiger partial charge in [0.25, 0.3) is 5.91 Å². The summed E-state index contributed by atoms with van der Waals surface area (Å²) in [7, 11) is 0. The third-order valence-corrected chi connectivity index (χ3v) is 9.85. The molecule has 6 rings (SSSR count). The molecule has 4 amide bonds. The van der Waals surface area contributed by atoms with Crippen LogP contribution in [0, 0.1) is 13.8 Å². The number of urea groups is 1. The van der Waals surface area contributed by atoms with E-state index in [1.165, 1.54) is 0 Å². The second kappa shape index (κ2) is 13.7. The van der Waals surface area contributed by atoms with Gasteiger partial charge in [0.2, 0.25) is 0 Å². The van der Waals surface area contributed by atoms with Crippen molar-refractivity contribution < 1.29 is 29.0 Å². The molecule has 0 aromatic heterocycles. The Balaban J connectivity index is 1.09. The Morgan fingerprint density at radius 3 is 2.29 bits per heavy atom. The van der Waals surface area contributed by atoms with E-state index in [1.54, 1.807) is 4.90 Å². The van der Waals surface area contributed by atoms with E-state index in [9.17, 15) is 19.5 Å². The number of nitrogens with zero attached hydrogens (tertiary/aromatic N) is 4. The number of amides is 4. The quantitative estimate of drug-likeness (QED) is 0.504. The number of piperazine rings is 1. The first kappa shape index (κ1) is 31.2. The highest BCUT2D eigenvalue weighted by atomic mass is 16.6. The van der Waals surface area contributed by atoms with Crippen LogP contribution in [0.25, 0.3) is 0 Å². The number of carbonyl (C=O) groups is 3. The second-order valence-corrected chi connectivity index (χ2v) is 12.8. The van der Waals surface area contributed by atoms with E-state index in [4.69, 9.17) is 9.47 Å². The summed E-state index contributed by atoms with van der Waals surface area (Å²) in [5.74, 6) is 0.0495. The van der Waals surface area contributed by atoms with Gasteiger partial charge in [0, 0.05) is 83.2 Å². The van der Waals surface area contributed by atoms with Crippen LogP contribution in [0.1, 0.15) is 47.9 Å². The normalized spacial score (nSPS) is 20.8. The number of likely N-dealkylation sites (tertiary alicyclic amines) is 1. The number of piperidine rings is 1. The zero-order chi connectivity index (χ0) is 31.5. The Kier molecular flexibility index (Phi) is 9.46. The van der Waals surface area contributed by atoms with E-state index >= 15 is 0 Å². The van der Waals surface area contributed by atoms with E-state index in [2.05, 4.69) is 10.2 Å². The Labute approximate surface area is 265 Å². The van der Waals surface area contributed by atoms with E-state index in [0.717, 1.165) is 67.1 Å². The van der Waals surface area contributed by atoms with Crippen LogP contribution in [-0.2, 0) is 27.2 Å². The van der Waals surface area contributed by atoms with Crippen molar-refractivity contribution in [1.82, 2.24) is 19.6 Å². The molecule has 4 aliphatic rings. The van der Waals surface area contributed by atoms with Crippen molar-refractivity contribution in [2.45, 2.75) is 70.7 Å². The molecule has 0 spiro atoms. The first-order chi connectivity index (χ1) is 21.8. The van der Waals surface area contributed by atoms with E-state index in [1.807, 2.05) is 60.0 Å². The zero-order valence-corrected chi connectivity index (χ0v) is 26.4. The second-order valence-electron chi connectivity index (χ2n) is 12.8. The zero-order valence-electron chi connectivity index (χ0n) is 26.4. The number of phenolic OH excluding ortho intramolecular Hbond substituents is 1. The number of aryl methyl sites for hydroxylation is 2. The molecule has 2 N–H and O–H groups in total. The van der Waals surface area contributed by atoms with Gasteiger partial charge in [-0.15, -0.1) is 0 Å². The van der Waals surface area contributed by atoms with E-state index in [0.29, 0.717) is 51.6 Å². The van der Waals surface area contributed by atoms with Gasteiger partial charge in [0.15, 0.2) is 6.10 Å². The Bertz CT molecular complexity index is 1370. The van der Waals surface area contributed by atoms with Gasteiger partial charge in [0.05, 0.1) is 0 Å². The van der Waals surface area contributed by atoms with Crippen LogP contribution in [0.15, 0.2) is 36.4 Å². The number of ether oxygens (including phenoxy) is 2. The molecule has 3 fully saturated rings. The van der Waals surface area contributed by atoms with E-state index in [-0.39, 0.29) is 30.2 Å². The fourth-order valence-electron chi connectivity index (χ4n) is 7.19. The van der Waals surface area contributed by atoms with Crippen LogP contribution in [0.4, 0.5) is 15.3 Å². The molecule has 11 heteroatoms. The number of fused-ring (bicyclic) bond motifs is 1. The lowest BCUT2D eigenvalue weighted by Gasteiger charge is -2.42. The van der Waals surface area contributed by atoms with Crippen molar-refractivity contribution >= 4 is 23.7 Å². The van der Waals surface area contributed by atoms with E-state index < -0.39 is 12.2 Å². The van der Waals surface area contributed by atoms with Gasteiger partial charge in [-0.2, -0.15) is 0 Å². The van der Waals surface area contributed by atoms with Gasteiger partial charge < -0.3 is 34.6 Å². The third kappa shape index (κ3) is 7.04. The summed E-state index contributed by atoms with van der Waals surface area (Å²) in [6.07, 6.45) is 2.05. The van der Waals surface area contributed by atoms with Crippen LogP contribution >= 0.6 is 0 Å². The average Bonchev–Trinajstić information content (AvgIpc) is 3.06. The number of hydrogen-bond donors (Lipinski definition) is 2. The number of para-hydroxylation sites is 1. The molecule has 0 aliphatic carbocycles. The Morgan fingerprint density at radius 2 is 1.60 bits per heavy atom. The summed E-state index contributed by atoms with van der Waals surface area (Å²) in [5.41, 5.74) is 4.20. The smallest absolute Gasteiger partial charge is 0.410 e. The van der Waals surface area contributed by atoms with Gasteiger partial charge in [0.1, 0.15) is 5.75 Å². The van der Waals surface area contributed by atoms with Crippen LogP contribution in [0.3, 0.4) is 0 Å². The van der Waals surface area contributed by atoms with Gasteiger partial charge in [-0.3, -0.25) is 9.69 Å². The predicted molar refractivity (Wildman–Crippen MR) is 169 cm³/mol. The molecular weight excluding hydrogens is 574 g/mol. The molecular formula is C34H45N5O6. The summed E-state index contributed by atoms with van der Waals surface area (Å²) in [5, 5.41) is 13.3. The summed E-state index contributed by atoms with van der Waals surface area (Å²) in [4.78, 5) is 48.1. The molecule has 3 saturated heterocycles. The van der Waals surface area contributed by atoms with Crippen molar-refractivity contribution in [3.05, 3.63) is 58.7 Å². The first-order valence-corrected chi connectivity index (χ1v) is 16.3. The van der Waals surface area contributed by atoms with Gasteiger partial charge in [-0.1, -0.05) is 30.3 Å². The minimum atomic E-state index is -0.974. The van der Waals surface area contributed by atoms with Crippen LogP contribution in [0.5, 0.6) is 5.75 Å². The molecule has 0 bridgehead atoms. The van der Waals surface area contributed by atoms with Gasteiger partial charge in [-0.05, 0) is 67.9 Å². The number of aromatic hydroxyl groups is 1. The maximum atomic E-state index is 13.9. The highest BCUT2D eigenvalue weighted by molar-refractivity contribution is 5.92. The highest BCUT2D eigenvalue weighted by Gasteiger charge is 2.36. The Hall–Kier alpha value is -3.83. The monoisotopic (exact) mass is 619 g/mol. The average molecular weight is 620 g/mol. The number of rotatable bonds is 6. The standard InChI is InChI=1S/C34H45N5O6/c1-23-19-25(20-24(2)31(23)40)21-30(32(41)37-15-13-36(14-16-37)27-9-17-44-18-10-27)45-34(43)38-11-7-28(8-12-38)39-22-26-5-3-4-6-29(26)35-33(39)42/h3-6,19-20,27-28,30,40H,7-18,21-22H2,1-2H3,(H,35,42)/t30-/m1/s1. The maximum Gasteiger partial charge on any atom is 0.410 e. The molecule has 242 valence electrons. The third-order valence-electron chi connectivity index (χ3n) is 9.85.